The van der Waals surface area contributed by atoms with Crippen LogP contribution in [-0.4, -0.2) is 60.8 Å². The second kappa shape index (κ2) is 23.3. The van der Waals surface area contributed by atoms with Crippen molar-refractivity contribution in [3.63, 3.8) is 0 Å². The third kappa shape index (κ3) is 8.96. The first-order chi connectivity index (χ1) is 53.6. The predicted molar refractivity (Wildman–Crippen MR) is 440 cm³/mol. The van der Waals surface area contributed by atoms with Crippen molar-refractivity contribution in [1.82, 2.24) is 60.8 Å². The van der Waals surface area contributed by atoms with E-state index in [-0.39, 0.29) is 0 Å². The molecule has 0 atom stereocenters. The summed E-state index contributed by atoms with van der Waals surface area (Å²) in [7, 11) is 0. The Morgan fingerprint density at radius 2 is 0.519 bits per heavy atom. The smallest absolute Gasteiger partial charge is 0.237 e. The van der Waals surface area contributed by atoms with Crippen molar-refractivity contribution in [3.8, 4) is 68.0 Å². The van der Waals surface area contributed by atoms with Gasteiger partial charge in [0, 0.05) is 43.7 Å². The first-order valence-corrected chi connectivity index (χ1v) is 36.4. The second-order valence-electron chi connectivity index (χ2n) is 27.8. The Morgan fingerprint density at radius 3 is 1.01 bits per heavy atom. The summed E-state index contributed by atoms with van der Waals surface area (Å²) in [5.74, 6) is 2.16. The monoisotopic (exact) mass is 1380 g/mol. The number of benzene rings is 14. The lowest BCUT2D eigenvalue weighted by atomic mass is 10.0. The van der Waals surface area contributed by atoms with Crippen molar-refractivity contribution in [2.75, 3.05) is 0 Å². The quantitative estimate of drug-likeness (QED) is 0.151. The predicted octanol–water partition coefficient (Wildman–Crippen LogP) is 22.7. The van der Waals surface area contributed by atoms with Gasteiger partial charge < -0.3 is 0 Å². The number of fused-ring (bicyclic) bond motifs is 22. The maximum Gasteiger partial charge on any atom is 0.237 e. The van der Waals surface area contributed by atoms with E-state index in [1.54, 1.807) is 0 Å². The van der Waals surface area contributed by atoms with E-state index in [1.165, 1.54) is 44.2 Å². The van der Waals surface area contributed by atoms with Gasteiger partial charge in [-0.1, -0.05) is 237 Å². The highest BCUT2D eigenvalue weighted by atomic mass is 15.2. The zero-order chi connectivity index (χ0) is 70.7. The Kier molecular flexibility index (Phi) is 12.8. The Morgan fingerprint density at radius 1 is 0.185 bits per heavy atom. The number of rotatable bonds is 8. The van der Waals surface area contributed by atoms with Crippen LogP contribution in [0.1, 0.15) is 0 Å². The second-order valence-corrected chi connectivity index (χ2v) is 27.8. The number of hydrogen-bond acceptors (Lipinski definition) is 5. The molecule has 0 N–H and O–H groups in total. The van der Waals surface area contributed by atoms with Crippen LogP contribution in [0.3, 0.4) is 0 Å². The minimum absolute atomic E-state index is 0.632. The molecule has 0 aliphatic rings. The summed E-state index contributed by atoms with van der Waals surface area (Å²) in [4.78, 5) is 26.3. The van der Waals surface area contributed by atoms with E-state index < -0.39 is 0 Å². The number of para-hydroxylation sites is 13. The van der Waals surface area contributed by atoms with Crippen molar-refractivity contribution < 1.29 is 0 Å². The van der Waals surface area contributed by atoms with Crippen molar-refractivity contribution in [3.05, 3.63) is 358 Å². The number of hydrogen-bond donors (Lipinski definition) is 0. The lowest BCUT2D eigenvalue weighted by molar-refractivity contribution is 1.00. The molecule has 0 spiro atoms. The van der Waals surface area contributed by atoms with Crippen LogP contribution >= 0.6 is 0 Å². The summed E-state index contributed by atoms with van der Waals surface area (Å²) in [6.07, 6.45) is 0. The minimum atomic E-state index is 0.632. The Bertz CT molecular complexity index is 7330. The molecule has 24 aromatic rings. The van der Waals surface area contributed by atoms with E-state index in [1.807, 2.05) is 30.3 Å². The van der Waals surface area contributed by atoms with Gasteiger partial charge in [0.05, 0.1) is 99.8 Å². The Hall–Kier alpha value is -15.0. The maximum atomic E-state index is 5.37. The van der Waals surface area contributed by atoms with Crippen molar-refractivity contribution in [1.29, 1.82) is 0 Å². The van der Waals surface area contributed by atoms with Gasteiger partial charge in [-0.25, -0.2) is 24.9 Å². The Balaban J connectivity index is 0.000000130. The molecule has 24 rings (SSSR count). The van der Waals surface area contributed by atoms with Gasteiger partial charge in [0.15, 0.2) is 0 Å². The van der Waals surface area contributed by atoms with Gasteiger partial charge in [-0.2, -0.15) is 0 Å². The van der Waals surface area contributed by atoms with Crippen LogP contribution in [0, 0.1) is 0 Å². The summed E-state index contributed by atoms with van der Waals surface area (Å²) in [6, 6.07) is 127. The largest absolute Gasteiger partial charge is 0.294 e. The van der Waals surface area contributed by atoms with Gasteiger partial charge in [-0.15, -0.1) is 0 Å². The number of imidazole rings is 5. The SMILES string of the molecule is c1ccc(-c2ccc(-c3nc(-n4c5ccccc5n5c6cc(-n7c8ccccc8n8c9ccccc9cc78)ccc6cc45)nc4ccccc34)cc2)cc1.c1ccc(-c2ccc(-c3nc(-n4c5ccccc5n5c6cc(-n7c8ccccc8n8c9ccccc9nc78)ccc6cc45)nc4ccccc34)cc2)cc1. The standard InChI is InChI=1S/C48H30N6.C47H29N7/c1-2-12-31(13-3-1)32-22-24-33(25-23-32)47-37-15-5-6-16-38(37)49-48(50-47)54-43-21-11-10-20-42(43)53-44-30-36(27-26-35(44)29-46(53)54)51-40-18-8-9-19-41(40)52-39-17-7-4-14-34(39)28-45(51)52;1-2-12-30(13-3-1)31-22-24-32(25-23-31)45-35-14-4-5-15-36(35)48-46(50-45)54-42-21-11-9-19-40(42)52-43-29-34(27-26-33(43)28-44(52)54)51-39-18-8-10-20-41(39)53-38-17-7-6-16-37(38)49-47(51)53/h1-30H;1-29H. The number of nitrogens with zero attached hydrogens (tertiary/aromatic N) is 13. The van der Waals surface area contributed by atoms with E-state index in [0.717, 1.165) is 144 Å². The summed E-state index contributed by atoms with van der Waals surface area (Å²) >= 11 is 0. The van der Waals surface area contributed by atoms with Crippen molar-refractivity contribution in [2.24, 2.45) is 0 Å². The van der Waals surface area contributed by atoms with E-state index in [9.17, 15) is 0 Å². The third-order valence-corrected chi connectivity index (χ3v) is 21.7. The van der Waals surface area contributed by atoms with Crippen LogP contribution in [0.5, 0.6) is 0 Å². The molecule has 0 amide bonds. The van der Waals surface area contributed by atoms with Gasteiger partial charge in [-0.05, 0) is 144 Å². The van der Waals surface area contributed by atoms with Crippen LogP contribution in [0.15, 0.2) is 358 Å². The molecule has 0 saturated heterocycles. The number of aromatic nitrogens is 13. The Labute approximate surface area is 615 Å². The molecule has 10 aromatic heterocycles. The molecular formula is C95H59N13. The molecule has 0 radical (unpaired) electrons. The van der Waals surface area contributed by atoms with E-state index >= 15 is 0 Å². The van der Waals surface area contributed by atoms with Crippen LogP contribution in [0.2, 0.25) is 0 Å². The molecule has 0 unspecified atom stereocenters. The zero-order valence-electron chi connectivity index (χ0n) is 57.9. The summed E-state index contributed by atoms with van der Waals surface area (Å²) in [5, 5.41) is 5.55. The topological polar surface area (TPSA) is 102 Å². The first kappa shape index (κ1) is 59.6. The van der Waals surface area contributed by atoms with Crippen LogP contribution < -0.4 is 0 Å². The highest BCUT2D eigenvalue weighted by Gasteiger charge is 2.25. The van der Waals surface area contributed by atoms with Crippen LogP contribution in [-0.2, 0) is 0 Å². The van der Waals surface area contributed by atoms with Gasteiger partial charge in [0.25, 0.3) is 0 Å². The lowest BCUT2D eigenvalue weighted by Gasteiger charge is -2.11. The van der Waals surface area contributed by atoms with E-state index in [2.05, 4.69) is 363 Å². The molecular weight excluding hydrogens is 1320 g/mol. The molecule has 0 saturated carbocycles. The lowest BCUT2D eigenvalue weighted by Crippen LogP contribution is -2.03. The highest BCUT2D eigenvalue weighted by Crippen LogP contribution is 2.41. The summed E-state index contributed by atoms with van der Waals surface area (Å²) in [5.41, 5.74) is 30.1. The average molecular weight is 1380 g/mol. The highest BCUT2D eigenvalue weighted by molar-refractivity contribution is 6.03. The molecule has 13 heteroatoms. The fourth-order valence-corrected chi connectivity index (χ4v) is 16.9. The van der Waals surface area contributed by atoms with Crippen molar-refractivity contribution in [2.45, 2.75) is 0 Å². The molecule has 504 valence electrons. The molecule has 14 aromatic carbocycles. The average Bonchev–Trinajstić information content (AvgIpc) is 1.56. The van der Waals surface area contributed by atoms with Gasteiger partial charge >= 0.3 is 0 Å². The van der Waals surface area contributed by atoms with Gasteiger partial charge in [0.1, 0.15) is 16.9 Å². The molecule has 0 fully saturated rings. The normalized spacial score (nSPS) is 12.1. The van der Waals surface area contributed by atoms with Crippen LogP contribution in [0.25, 0.3) is 200 Å². The molecule has 108 heavy (non-hydrogen) atoms. The maximum absolute atomic E-state index is 5.37. The zero-order valence-corrected chi connectivity index (χ0v) is 57.9. The van der Waals surface area contributed by atoms with Crippen molar-refractivity contribution >= 4 is 132 Å². The molecule has 13 nitrogen and oxygen atoms in total. The molecule has 0 aliphatic carbocycles. The molecule has 0 bridgehead atoms. The fraction of sp³-hybridized carbons (Fsp3) is 0. The van der Waals surface area contributed by atoms with Gasteiger partial charge in [-0.3, -0.25) is 35.9 Å². The van der Waals surface area contributed by atoms with E-state index in [4.69, 9.17) is 24.9 Å². The van der Waals surface area contributed by atoms with Gasteiger partial charge in [0.2, 0.25) is 17.7 Å². The minimum Gasteiger partial charge on any atom is -0.294 e. The molecule has 0 aliphatic heterocycles. The molecule has 10 heterocycles. The first-order valence-electron chi connectivity index (χ1n) is 36.4. The summed E-state index contributed by atoms with van der Waals surface area (Å²) in [6.45, 7) is 0. The third-order valence-electron chi connectivity index (χ3n) is 21.7. The van der Waals surface area contributed by atoms with E-state index in [0.29, 0.717) is 11.9 Å². The summed E-state index contributed by atoms with van der Waals surface area (Å²) < 4.78 is 18.4. The van der Waals surface area contributed by atoms with Crippen LogP contribution in [0.4, 0.5) is 0 Å². The fourth-order valence-electron chi connectivity index (χ4n) is 16.9.